The number of benzene rings is 1. The van der Waals surface area contributed by atoms with Gasteiger partial charge in [-0.3, -0.25) is 14.8 Å². The van der Waals surface area contributed by atoms with Crippen LogP contribution < -0.4 is 16.2 Å². The first-order chi connectivity index (χ1) is 16.4. The zero-order valence-electron chi connectivity index (χ0n) is 19.5. The number of nitriles is 1. The molecule has 1 aromatic carbocycles. The molecule has 2 heterocycles. The number of aromatic nitrogens is 3. The molecule has 0 unspecified atom stereocenters. The molecule has 2 aromatic heterocycles. The maximum Gasteiger partial charge on any atom is 0.408 e. The molecule has 3 N–H and O–H groups in total. The molecule has 2 atom stereocenters. The lowest BCUT2D eigenvalue weighted by atomic mass is 10.0. The zero-order chi connectivity index (χ0) is 25.5. The predicted molar refractivity (Wildman–Crippen MR) is 124 cm³/mol. The van der Waals surface area contributed by atoms with Gasteiger partial charge >= 0.3 is 6.18 Å². The molecule has 0 amide bonds. The van der Waals surface area contributed by atoms with Crippen molar-refractivity contribution in [3.8, 4) is 6.07 Å². The van der Waals surface area contributed by atoms with Crippen LogP contribution in [0.15, 0.2) is 35.3 Å². The number of H-pyrrole nitrogens is 1. The van der Waals surface area contributed by atoms with Crippen molar-refractivity contribution in [1.29, 1.82) is 5.26 Å². The number of pyridine rings is 1. The summed E-state index contributed by atoms with van der Waals surface area (Å²) in [5.41, 5.74) is -1.20. The molecule has 1 saturated carbocycles. The summed E-state index contributed by atoms with van der Waals surface area (Å²) in [6.45, 7) is 4.71. The molecular weight excluding hydrogens is 464 g/mol. The second kappa shape index (κ2) is 9.00. The number of nitrogens with one attached hydrogen (secondary N) is 3. The molecule has 0 bridgehead atoms. The number of fused-ring (bicyclic) bond motifs is 1. The molecule has 4 rings (SSSR count). The van der Waals surface area contributed by atoms with Crippen LogP contribution in [0.25, 0.3) is 10.9 Å². The summed E-state index contributed by atoms with van der Waals surface area (Å²) < 4.78 is 57.6. The van der Waals surface area contributed by atoms with E-state index in [1.165, 1.54) is 12.3 Å². The van der Waals surface area contributed by atoms with Gasteiger partial charge in [-0.15, -0.1) is 0 Å². The van der Waals surface area contributed by atoms with Gasteiger partial charge in [-0.05, 0) is 57.7 Å². The van der Waals surface area contributed by atoms with E-state index in [9.17, 15) is 27.6 Å². The predicted octanol–water partition coefficient (Wildman–Crippen LogP) is 5.46. The number of hydrogen-bond donors (Lipinski definition) is 3. The molecular formula is C24H26F4N6O. The fourth-order valence-corrected chi connectivity index (χ4v) is 4.21. The molecule has 3 aromatic rings. The molecule has 0 radical (unpaired) electrons. The van der Waals surface area contributed by atoms with E-state index in [0.717, 1.165) is 25.0 Å². The Morgan fingerprint density at radius 1 is 1.26 bits per heavy atom. The third-order valence-electron chi connectivity index (χ3n) is 5.89. The second-order valence-electron chi connectivity index (χ2n) is 9.86. The van der Waals surface area contributed by atoms with Gasteiger partial charge in [0.2, 0.25) is 0 Å². The van der Waals surface area contributed by atoms with Gasteiger partial charge in [-0.2, -0.15) is 23.5 Å². The van der Waals surface area contributed by atoms with Gasteiger partial charge in [0.15, 0.2) is 5.82 Å². The highest BCUT2D eigenvalue weighted by Gasteiger charge is 2.44. The lowest BCUT2D eigenvalue weighted by Crippen LogP contribution is -2.45. The van der Waals surface area contributed by atoms with E-state index in [0.29, 0.717) is 5.52 Å². The molecule has 35 heavy (non-hydrogen) atoms. The molecule has 0 saturated heterocycles. The minimum Gasteiger partial charge on any atom is -0.338 e. The van der Waals surface area contributed by atoms with E-state index in [1.807, 2.05) is 0 Å². The Balaban J connectivity index is 1.71. The summed E-state index contributed by atoms with van der Waals surface area (Å²) in [7, 11) is 0. The zero-order valence-corrected chi connectivity index (χ0v) is 19.5. The average Bonchev–Trinajstić information content (AvgIpc) is 3.52. The minimum atomic E-state index is -4.70. The lowest BCUT2D eigenvalue weighted by molar-refractivity contribution is -0.162. The summed E-state index contributed by atoms with van der Waals surface area (Å²) in [5, 5.41) is 19.3. The SMILES string of the molecule is CC(C)(C)N[C@@H](c1ccc(Nc2nn([C@@H](CC#N)C3CC3)c3cc[nH]c(=O)c23)cc1F)C(F)(F)F. The Hall–Kier alpha value is -3.39. The van der Waals surface area contributed by atoms with Crippen LogP contribution in [0, 0.1) is 23.1 Å². The number of nitrogens with zero attached hydrogens (tertiary/aromatic N) is 3. The molecule has 0 aliphatic heterocycles. The Morgan fingerprint density at radius 3 is 2.54 bits per heavy atom. The van der Waals surface area contributed by atoms with Crippen molar-refractivity contribution in [2.24, 2.45) is 5.92 Å². The number of alkyl halides is 3. The number of anilines is 2. The van der Waals surface area contributed by atoms with Crippen molar-refractivity contribution in [3.63, 3.8) is 0 Å². The van der Waals surface area contributed by atoms with Crippen LogP contribution in [0.1, 0.15) is 57.7 Å². The van der Waals surface area contributed by atoms with Gasteiger partial charge in [0.25, 0.3) is 5.56 Å². The topological polar surface area (TPSA) is 98.5 Å². The Morgan fingerprint density at radius 2 is 1.97 bits per heavy atom. The standard InChI is InChI=1S/C24H26F4N6O/c1-23(2,3)32-20(24(26,27)28)15-7-6-14(12-16(15)25)31-21-19-18(9-11-30-22(19)35)34(33-21)17(8-10-29)13-4-5-13/h6-7,9,11-13,17,20,32H,4-5,8H2,1-3H3,(H,30,35)(H,31,33)/t17-,20-/m0/s1. The van der Waals surface area contributed by atoms with Crippen molar-refractivity contribution < 1.29 is 17.6 Å². The van der Waals surface area contributed by atoms with Gasteiger partial charge in [-0.1, -0.05) is 6.07 Å². The quantitative estimate of drug-likeness (QED) is 0.382. The van der Waals surface area contributed by atoms with E-state index >= 15 is 0 Å². The summed E-state index contributed by atoms with van der Waals surface area (Å²) in [4.78, 5) is 15.2. The molecule has 11 heteroatoms. The summed E-state index contributed by atoms with van der Waals surface area (Å²) in [6.07, 6.45) is -1.10. The van der Waals surface area contributed by atoms with Gasteiger partial charge in [0.05, 0.1) is 24.0 Å². The first kappa shape index (κ1) is 24.7. The number of rotatable bonds is 7. The molecule has 7 nitrogen and oxygen atoms in total. The maximum absolute atomic E-state index is 14.9. The number of hydrogen-bond acceptors (Lipinski definition) is 5. The molecule has 0 spiro atoms. The second-order valence-corrected chi connectivity index (χ2v) is 9.86. The largest absolute Gasteiger partial charge is 0.408 e. The monoisotopic (exact) mass is 490 g/mol. The molecule has 1 aliphatic carbocycles. The smallest absolute Gasteiger partial charge is 0.338 e. The third-order valence-corrected chi connectivity index (χ3v) is 5.89. The van der Waals surface area contributed by atoms with Crippen LogP contribution in [0.4, 0.5) is 29.1 Å². The molecule has 1 aliphatic rings. The minimum absolute atomic E-state index is 0.137. The fraction of sp³-hybridized carbons (Fsp3) is 0.458. The van der Waals surface area contributed by atoms with Gasteiger partial charge in [-0.25, -0.2) is 4.39 Å². The highest BCUT2D eigenvalue weighted by molar-refractivity contribution is 5.91. The Labute approximate surface area is 199 Å². The average molecular weight is 491 g/mol. The number of halogens is 4. The van der Waals surface area contributed by atoms with Crippen molar-refractivity contribution in [2.75, 3.05) is 5.32 Å². The first-order valence-corrected chi connectivity index (χ1v) is 11.3. The third kappa shape index (κ3) is 5.32. The van der Waals surface area contributed by atoms with Crippen LogP contribution in [0.3, 0.4) is 0 Å². The highest BCUT2D eigenvalue weighted by atomic mass is 19.4. The van der Waals surface area contributed by atoms with Crippen LogP contribution >= 0.6 is 0 Å². The van der Waals surface area contributed by atoms with Crippen LogP contribution in [0.5, 0.6) is 0 Å². The molecule has 1 fully saturated rings. The van der Waals surface area contributed by atoms with E-state index in [-0.39, 0.29) is 35.3 Å². The van der Waals surface area contributed by atoms with E-state index in [1.54, 1.807) is 31.5 Å². The lowest BCUT2D eigenvalue weighted by Gasteiger charge is -2.30. The summed E-state index contributed by atoms with van der Waals surface area (Å²) in [6, 6.07) is 4.78. The van der Waals surface area contributed by atoms with Crippen LogP contribution in [-0.4, -0.2) is 26.5 Å². The summed E-state index contributed by atoms with van der Waals surface area (Å²) >= 11 is 0. The normalized spacial score (nSPS) is 16.2. The van der Waals surface area contributed by atoms with Crippen LogP contribution in [0.2, 0.25) is 0 Å². The van der Waals surface area contributed by atoms with E-state index < -0.39 is 34.7 Å². The van der Waals surface area contributed by atoms with Gasteiger partial charge in [0.1, 0.15) is 17.2 Å². The fourth-order valence-electron chi connectivity index (χ4n) is 4.21. The van der Waals surface area contributed by atoms with E-state index in [4.69, 9.17) is 0 Å². The molecule has 186 valence electrons. The Kier molecular flexibility index (Phi) is 6.36. The van der Waals surface area contributed by atoms with Crippen molar-refractivity contribution in [2.45, 2.75) is 63.8 Å². The summed E-state index contributed by atoms with van der Waals surface area (Å²) in [5.74, 6) is -0.638. The van der Waals surface area contributed by atoms with E-state index in [2.05, 4.69) is 26.8 Å². The number of aromatic amines is 1. The highest BCUT2D eigenvalue weighted by Crippen LogP contribution is 2.43. The van der Waals surface area contributed by atoms with Gasteiger partial charge < -0.3 is 10.3 Å². The first-order valence-electron chi connectivity index (χ1n) is 11.3. The van der Waals surface area contributed by atoms with Crippen molar-refractivity contribution >= 4 is 22.4 Å². The Bertz CT molecular complexity index is 1330. The van der Waals surface area contributed by atoms with Crippen LogP contribution in [-0.2, 0) is 0 Å². The van der Waals surface area contributed by atoms with Gasteiger partial charge in [0, 0.05) is 23.0 Å². The van der Waals surface area contributed by atoms with Crippen molar-refractivity contribution in [1.82, 2.24) is 20.1 Å². The van der Waals surface area contributed by atoms with Crippen molar-refractivity contribution in [3.05, 3.63) is 52.2 Å². The maximum atomic E-state index is 14.9.